The van der Waals surface area contributed by atoms with E-state index in [1.165, 1.54) is 68.9 Å². The van der Waals surface area contributed by atoms with Gasteiger partial charge in [0, 0.05) is 34.1 Å². The maximum absolute atomic E-state index is 11.0. The number of phenolic OH excluding ortho intramolecular Hbond substituents is 1. The lowest BCUT2D eigenvalue weighted by Crippen LogP contribution is -2.29. The summed E-state index contributed by atoms with van der Waals surface area (Å²) in [5.41, 5.74) is 10.3. The fourth-order valence-electron chi connectivity index (χ4n) is 8.92. The number of aromatic hydroxyl groups is 1. The molecule has 1 spiro atoms. The quantitative estimate of drug-likeness (QED) is 0.189. The minimum absolute atomic E-state index is 0.0803. The molecule has 0 bridgehead atoms. The van der Waals surface area contributed by atoms with Crippen LogP contribution in [0.1, 0.15) is 95.6 Å². The van der Waals surface area contributed by atoms with Crippen molar-refractivity contribution in [3.05, 3.63) is 108 Å². The van der Waals surface area contributed by atoms with Crippen molar-refractivity contribution in [1.82, 2.24) is 15.0 Å². The largest absolute Gasteiger partial charge is 0.507 e. The molecule has 4 aromatic carbocycles. The predicted octanol–water partition coefficient (Wildman–Crippen LogP) is 12.5. The third-order valence-corrected chi connectivity index (χ3v) is 12.0. The molecule has 0 radical (unpaired) electrons. The Morgan fingerprint density at radius 1 is 0.745 bits per heavy atom. The zero-order valence-corrected chi connectivity index (χ0v) is 29.9. The third-order valence-electron chi connectivity index (χ3n) is 12.0. The molecule has 3 aromatic heterocycles. The zero-order chi connectivity index (χ0) is 34.7. The SMILES string of the molecule is CC(C)(C)c1ccc(-c2nc3c(ccc4cnc5ccc(-c6cc(-c7ccc(C8CCC9(CCCCC9)CC8)cc7)ccn6)cc5c43)o2)c(O)c1. The number of benzene rings is 4. The lowest BCUT2D eigenvalue weighted by atomic mass is 9.62. The summed E-state index contributed by atoms with van der Waals surface area (Å²) in [6.07, 6.45) is 16.5. The van der Waals surface area contributed by atoms with Crippen LogP contribution in [0.5, 0.6) is 5.75 Å². The monoisotopic (exact) mass is 671 g/mol. The first-order valence-electron chi connectivity index (χ1n) is 18.8. The van der Waals surface area contributed by atoms with Crippen molar-refractivity contribution in [3.8, 4) is 39.6 Å². The van der Waals surface area contributed by atoms with Gasteiger partial charge in [-0.3, -0.25) is 9.97 Å². The molecular formula is C46H45N3O2. The van der Waals surface area contributed by atoms with Crippen molar-refractivity contribution in [2.24, 2.45) is 5.41 Å². The number of aromatic nitrogens is 3. The molecule has 9 rings (SSSR count). The topological polar surface area (TPSA) is 72.0 Å². The Hall–Kier alpha value is -5.03. The predicted molar refractivity (Wildman–Crippen MR) is 208 cm³/mol. The summed E-state index contributed by atoms with van der Waals surface area (Å²) in [4.78, 5) is 14.6. The van der Waals surface area contributed by atoms with Crippen molar-refractivity contribution in [2.75, 3.05) is 0 Å². The summed E-state index contributed by atoms with van der Waals surface area (Å²) in [6.45, 7) is 6.39. The lowest BCUT2D eigenvalue weighted by molar-refractivity contribution is 0.114. The molecule has 2 aliphatic carbocycles. The van der Waals surface area contributed by atoms with Crippen LogP contribution in [-0.2, 0) is 5.41 Å². The molecule has 0 unspecified atom stereocenters. The first-order chi connectivity index (χ1) is 24.7. The smallest absolute Gasteiger partial charge is 0.231 e. The molecule has 2 saturated carbocycles. The van der Waals surface area contributed by atoms with E-state index < -0.39 is 0 Å². The number of hydrogen-bond donors (Lipinski definition) is 1. The molecule has 0 amide bonds. The highest BCUT2D eigenvalue weighted by atomic mass is 16.3. The third kappa shape index (κ3) is 5.87. The summed E-state index contributed by atoms with van der Waals surface area (Å²) >= 11 is 0. The lowest BCUT2D eigenvalue weighted by Gasteiger charge is -2.43. The number of oxazole rings is 1. The van der Waals surface area contributed by atoms with E-state index in [9.17, 15) is 5.11 Å². The Bertz CT molecular complexity index is 2400. The molecule has 51 heavy (non-hydrogen) atoms. The van der Waals surface area contributed by atoms with Crippen LogP contribution in [0.2, 0.25) is 0 Å². The minimum Gasteiger partial charge on any atom is -0.507 e. The van der Waals surface area contributed by atoms with Crippen molar-refractivity contribution < 1.29 is 9.52 Å². The van der Waals surface area contributed by atoms with Gasteiger partial charge in [-0.05, 0) is 126 Å². The molecule has 1 N–H and O–H groups in total. The van der Waals surface area contributed by atoms with Gasteiger partial charge in [-0.2, -0.15) is 0 Å². The summed E-state index contributed by atoms with van der Waals surface area (Å²) < 4.78 is 6.27. The second-order valence-electron chi connectivity index (χ2n) is 16.3. The summed E-state index contributed by atoms with van der Waals surface area (Å²) in [5.74, 6) is 1.25. The van der Waals surface area contributed by atoms with Gasteiger partial charge in [0.05, 0.1) is 16.8 Å². The summed E-state index contributed by atoms with van der Waals surface area (Å²) in [7, 11) is 0. The zero-order valence-electron chi connectivity index (χ0n) is 29.9. The fourth-order valence-corrected chi connectivity index (χ4v) is 8.92. The Balaban J connectivity index is 1.03. The van der Waals surface area contributed by atoms with Gasteiger partial charge >= 0.3 is 0 Å². The molecular weight excluding hydrogens is 627 g/mol. The second-order valence-corrected chi connectivity index (χ2v) is 16.3. The van der Waals surface area contributed by atoms with Gasteiger partial charge in [0.1, 0.15) is 11.3 Å². The van der Waals surface area contributed by atoms with Crippen molar-refractivity contribution in [3.63, 3.8) is 0 Å². The Morgan fingerprint density at radius 3 is 2.29 bits per heavy atom. The molecule has 2 aliphatic rings. The standard InChI is InChI=1S/C46H45N3O2/c1-45(2,3)35-13-14-36(40(50)27-35)44-49-43-41(51-44)16-12-34-28-48-38-15-11-33(25-37(38)42(34)43)39-26-32(19-24-47-39)30-9-7-29(8-10-30)31-17-22-46(23-18-31)20-5-4-6-21-46/h7-16,19,24-28,31,50H,4-6,17-18,20-23H2,1-3H3. The van der Waals surface area contributed by atoms with Crippen molar-refractivity contribution >= 4 is 32.8 Å². The highest BCUT2D eigenvalue weighted by Crippen LogP contribution is 2.51. The van der Waals surface area contributed by atoms with E-state index in [0.717, 1.165) is 49.6 Å². The normalized spacial score (nSPS) is 16.8. The van der Waals surface area contributed by atoms with Crippen LogP contribution in [0.4, 0.5) is 0 Å². The van der Waals surface area contributed by atoms with Gasteiger partial charge in [0.15, 0.2) is 5.58 Å². The van der Waals surface area contributed by atoms with Crippen molar-refractivity contribution in [1.29, 1.82) is 0 Å². The van der Waals surface area contributed by atoms with Crippen LogP contribution < -0.4 is 0 Å². The van der Waals surface area contributed by atoms with E-state index in [-0.39, 0.29) is 11.2 Å². The first-order valence-corrected chi connectivity index (χ1v) is 18.8. The average molecular weight is 672 g/mol. The maximum Gasteiger partial charge on any atom is 0.231 e. The van der Waals surface area contributed by atoms with Crippen LogP contribution in [0.15, 0.2) is 102 Å². The number of nitrogens with zero attached hydrogens (tertiary/aromatic N) is 3. The Kier molecular flexibility index (Phi) is 7.72. The molecule has 5 nitrogen and oxygen atoms in total. The number of rotatable bonds is 4. The van der Waals surface area contributed by atoms with Crippen LogP contribution in [0.25, 0.3) is 66.6 Å². The number of fused-ring (bicyclic) bond motifs is 5. The molecule has 0 atom stereocenters. The van der Waals surface area contributed by atoms with Gasteiger partial charge in [0.25, 0.3) is 0 Å². The summed E-state index contributed by atoms with van der Waals surface area (Å²) in [6, 6.07) is 29.7. The number of hydrogen-bond acceptors (Lipinski definition) is 5. The van der Waals surface area contributed by atoms with Crippen molar-refractivity contribution in [2.45, 2.75) is 89.9 Å². The van der Waals surface area contributed by atoms with E-state index in [1.54, 1.807) is 0 Å². The van der Waals surface area contributed by atoms with E-state index in [2.05, 4.69) is 75.4 Å². The van der Waals surface area contributed by atoms with Crippen LogP contribution in [0.3, 0.4) is 0 Å². The molecule has 7 aromatic rings. The maximum atomic E-state index is 11.0. The van der Waals surface area contributed by atoms with E-state index >= 15 is 0 Å². The Morgan fingerprint density at radius 2 is 1.53 bits per heavy atom. The molecule has 3 heterocycles. The van der Waals surface area contributed by atoms with Gasteiger partial charge in [-0.1, -0.05) is 76.4 Å². The highest BCUT2D eigenvalue weighted by Gasteiger charge is 2.36. The molecule has 2 fully saturated rings. The second kappa shape index (κ2) is 12.3. The molecule has 0 aliphatic heterocycles. The fraction of sp³-hybridized carbons (Fsp3) is 0.326. The van der Waals surface area contributed by atoms with E-state index in [4.69, 9.17) is 19.4 Å². The van der Waals surface area contributed by atoms with Crippen LogP contribution in [-0.4, -0.2) is 20.1 Å². The number of pyridine rings is 2. The Labute approximate surface area is 299 Å². The van der Waals surface area contributed by atoms with Crippen LogP contribution in [0, 0.1) is 5.41 Å². The van der Waals surface area contributed by atoms with Gasteiger partial charge in [-0.25, -0.2) is 4.98 Å². The van der Waals surface area contributed by atoms with Gasteiger partial charge in [-0.15, -0.1) is 0 Å². The average Bonchev–Trinajstić information content (AvgIpc) is 3.59. The molecule has 5 heteroatoms. The summed E-state index contributed by atoms with van der Waals surface area (Å²) in [5, 5.41) is 13.9. The highest BCUT2D eigenvalue weighted by molar-refractivity contribution is 6.17. The van der Waals surface area contributed by atoms with E-state index in [0.29, 0.717) is 28.4 Å². The minimum atomic E-state index is -0.0803. The molecule has 0 saturated heterocycles. The molecule has 256 valence electrons. The number of phenols is 1. The first kappa shape index (κ1) is 31.9. The van der Waals surface area contributed by atoms with Gasteiger partial charge in [0.2, 0.25) is 5.89 Å². The van der Waals surface area contributed by atoms with Gasteiger partial charge < -0.3 is 9.52 Å². The van der Waals surface area contributed by atoms with Crippen LogP contribution >= 0.6 is 0 Å². The van der Waals surface area contributed by atoms with E-state index in [1.807, 2.05) is 42.7 Å².